The highest BCUT2D eigenvalue weighted by Gasteiger charge is 2.32. The zero-order valence-corrected chi connectivity index (χ0v) is 7.35. The van der Waals surface area contributed by atoms with Crippen molar-refractivity contribution in [2.75, 3.05) is 6.54 Å². The van der Waals surface area contributed by atoms with Crippen molar-refractivity contribution >= 4 is 5.91 Å². The van der Waals surface area contributed by atoms with Crippen molar-refractivity contribution in [3.05, 3.63) is 23.5 Å². The van der Waals surface area contributed by atoms with E-state index in [0.29, 0.717) is 0 Å². The highest BCUT2D eigenvalue weighted by Crippen LogP contribution is 2.28. The molecule has 1 rings (SSSR count). The largest absolute Gasteiger partial charge is 0.431 e. The molecular formula is C8H6F3N3O. The number of hydrogen-bond donors (Lipinski definition) is 2. The van der Waals surface area contributed by atoms with Gasteiger partial charge >= 0.3 is 6.18 Å². The van der Waals surface area contributed by atoms with Gasteiger partial charge in [-0.3, -0.25) is 4.79 Å². The predicted molar refractivity (Wildman–Crippen MR) is 43.7 cm³/mol. The number of aromatic nitrogens is 1. The molecule has 7 heteroatoms. The van der Waals surface area contributed by atoms with Gasteiger partial charge in [-0.15, -0.1) is 0 Å². The number of hydrogen-bond acceptors (Lipinski definition) is 2. The summed E-state index contributed by atoms with van der Waals surface area (Å²) in [5, 5.41) is 10.3. The highest BCUT2D eigenvalue weighted by molar-refractivity contribution is 5.92. The third-order valence-corrected chi connectivity index (χ3v) is 1.56. The molecule has 2 N–H and O–H groups in total. The average Bonchev–Trinajstić information content (AvgIpc) is 2.62. The minimum absolute atomic E-state index is 0.224. The van der Waals surface area contributed by atoms with E-state index in [9.17, 15) is 18.0 Å². The normalized spacial score (nSPS) is 10.8. The zero-order valence-electron chi connectivity index (χ0n) is 7.35. The Labute approximate surface area is 82.7 Å². The van der Waals surface area contributed by atoms with Crippen LogP contribution in [0.2, 0.25) is 0 Å². The Hall–Kier alpha value is -1.97. The third-order valence-electron chi connectivity index (χ3n) is 1.56. The van der Waals surface area contributed by atoms with Gasteiger partial charge in [-0.2, -0.15) is 18.4 Å². The van der Waals surface area contributed by atoms with Gasteiger partial charge in [-0.05, 0) is 12.1 Å². The summed E-state index contributed by atoms with van der Waals surface area (Å²) in [6.45, 7) is -0.251. The van der Waals surface area contributed by atoms with Gasteiger partial charge < -0.3 is 10.3 Å². The summed E-state index contributed by atoms with van der Waals surface area (Å²) in [6, 6.07) is 3.41. The second kappa shape index (κ2) is 4.04. The van der Waals surface area contributed by atoms with E-state index in [0.717, 1.165) is 12.1 Å². The van der Waals surface area contributed by atoms with Crippen molar-refractivity contribution in [1.82, 2.24) is 10.3 Å². The van der Waals surface area contributed by atoms with Gasteiger partial charge in [0.2, 0.25) is 0 Å². The molecule has 0 radical (unpaired) electrons. The molecule has 0 aromatic carbocycles. The Bertz CT molecular complexity index is 402. The van der Waals surface area contributed by atoms with Crippen molar-refractivity contribution in [2.24, 2.45) is 0 Å². The Morgan fingerprint density at radius 2 is 2.20 bits per heavy atom. The Kier molecular flexibility index (Phi) is 2.99. The number of nitriles is 1. The topological polar surface area (TPSA) is 68.7 Å². The number of alkyl halides is 3. The fourth-order valence-corrected chi connectivity index (χ4v) is 0.908. The first-order chi connectivity index (χ1) is 6.95. The van der Waals surface area contributed by atoms with E-state index >= 15 is 0 Å². The lowest BCUT2D eigenvalue weighted by molar-refractivity contribution is -0.140. The van der Waals surface area contributed by atoms with Crippen LogP contribution in [0.1, 0.15) is 16.2 Å². The van der Waals surface area contributed by atoms with Crippen LogP contribution in [0.3, 0.4) is 0 Å². The first-order valence-electron chi connectivity index (χ1n) is 3.86. The summed E-state index contributed by atoms with van der Waals surface area (Å²) >= 11 is 0. The van der Waals surface area contributed by atoms with E-state index < -0.39 is 17.8 Å². The van der Waals surface area contributed by atoms with E-state index in [1.54, 1.807) is 6.07 Å². The molecule has 0 atom stereocenters. The van der Waals surface area contributed by atoms with Crippen molar-refractivity contribution in [3.63, 3.8) is 0 Å². The Morgan fingerprint density at radius 3 is 2.67 bits per heavy atom. The van der Waals surface area contributed by atoms with Gasteiger partial charge in [0.25, 0.3) is 5.91 Å². The number of carbonyl (C=O) groups is 1. The number of carbonyl (C=O) groups excluding carboxylic acids is 1. The quantitative estimate of drug-likeness (QED) is 0.733. The summed E-state index contributed by atoms with van der Waals surface area (Å²) in [7, 11) is 0. The van der Waals surface area contributed by atoms with Crippen molar-refractivity contribution in [3.8, 4) is 6.07 Å². The molecule has 0 saturated heterocycles. The van der Waals surface area contributed by atoms with Crippen molar-refractivity contribution < 1.29 is 18.0 Å². The smallest absolute Gasteiger partial charge is 0.347 e. The van der Waals surface area contributed by atoms with Gasteiger partial charge in [0.15, 0.2) is 0 Å². The number of nitrogens with one attached hydrogen (secondary N) is 2. The molecule has 0 bridgehead atoms. The summed E-state index contributed by atoms with van der Waals surface area (Å²) in [5.41, 5.74) is -1.22. The second-order valence-corrected chi connectivity index (χ2v) is 2.62. The van der Waals surface area contributed by atoms with Gasteiger partial charge in [-0.1, -0.05) is 0 Å². The summed E-state index contributed by atoms with van der Waals surface area (Å²) in [4.78, 5) is 13.0. The highest BCUT2D eigenvalue weighted by atomic mass is 19.4. The minimum Gasteiger partial charge on any atom is -0.347 e. The molecular weight excluding hydrogens is 211 g/mol. The van der Waals surface area contributed by atoms with Crippen LogP contribution in [0.15, 0.2) is 12.1 Å². The van der Waals surface area contributed by atoms with Gasteiger partial charge in [0, 0.05) is 0 Å². The summed E-state index contributed by atoms with van der Waals surface area (Å²) in [5.74, 6) is -0.743. The SMILES string of the molecule is N#CCNC(=O)c1ccc(C(F)(F)F)[nH]1. The van der Waals surface area contributed by atoms with Crippen LogP contribution in [0.4, 0.5) is 13.2 Å². The lowest BCUT2D eigenvalue weighted by Gasteiger charge is -2.02. The number of halogens is 3. The van der Waals surface area contributed by atoms with Crippen LogP contribution in [0.25, 0.3) is 0 Å². The number of aromatic amines is 1. The van der Waals surface area contributed by atoms with Crippen LogP contribution in [0, 0.1) is 11.3 Å². The maximum Gasteiger partial charge on any atom is 0.431 e. The molecule has 1 amide bonds. The van der Waals surface area contributed by atoms with Crippen LogP contribution in [-0.2, 0) is 6.18 Å². The van der Waals surface area contributed by atoms with Gasteiger partial charge in [0.1, 0.15) is 17.9 Å². The number of rotatable bonds is 2. The Morgan fingerprint density at radius 1 is 1.53 bits per heavy atom. The molecule has 15 heavy (non-hydrogen) atoms. The molecule has 0 saturated carbocycles. The molecule has 0 aliphatic heterocycles. The van der Waals surface area contributed by atoms with Crippen LogP contribution in [0.5, 0.6) is 0 Å². The molecule has 0 aliphatic carbocycles. The zero-order chi connectivity index (χ0) is 11.5. The van der Waals surface area contributed by atoms with Crippen LogP contribution >= 0.6 is 0 Å². The first kappa shape index (κ1) is 11.1. The van der Waals surface area contributed by atoms with Crippen molar-refractivity contribution in [2.45, 2.75) is 6.18 Å². The van der Waals surface area contributed by atoms with Crippen LogP contribution in [-0.4, -0.2) is 17.4 Å². The van der Waals surface area contributed by atoms with Crippen LogP contribution < -0.4 is 5.32 Å². The van der Waals surface area contributed by atoms with E-state index in [-0.39, 0.29) is 12.2 Å². The fourth-order valence-electron chi connectivity index (χ4n) is 0.908. The Balaban J connectivity index is 2.77. The molecule has 4 nitrogen and oxygen atoms in total. The fraction of sp³-hybridized carbons (Fsp3) is 0.250. The number of amides is 1. The molecule has 1 aromatic heterocycles. The van der Waals surface area contributed by atoms with E-state index in [2.05, 4.69) is 5.32 Å². The molecule has 0 fully saturated rings. The third kappa shape index (κ3) is 2.74. The first-order valence-corrected chi connectivity index (χ1v) is 3.86. The minimum atomic E-state index is -4.51. The summed E-state index contributed by atoms with van der Waals surface area (Å²) < 4.78 is 36.3. The number of H-pyrrole nitrogens is 1. The van der Waals surface area contributed by atoms with Crippen molar-refractivity contribution in [1.29, 1.82) is 5.26 Å². The molecule has 1 aromatic rings. The molecule has 1 heterocycles. The maximum absolute atomic E-state index is 12.1. The summed E-state index contributed by atoms with van der Waals surface area (Å²) in [6.07, 6.45) is -4.51. The molecule has 0 spiro atoms. The van der Waals surface area contributed by atoms with Gasteiger partial charge in [0.05, 0.1) is 6.07 Å². The molecule has 80 valence electrons. The number of nitrogens with zero attached hydrogens (tertiary/aromatic N) is 1. The molecule has 0 aliphatic rings. The lowest BCUT2D eigenvalue weighted by atomic mass is 10.4. The molecule has 0 unspecified atom stereocenters. The monoisotopic (exact) mass is 217 g/mol. The van der Waals surface area contributed by atoms with Gasteiger partial charge in [-0.25, -0.2) is 0 Å². The lowest BCUT2D eigenvalue weighted by Crippen LogP contribution is -2.24. The standard InChI is InChI=1S/C8H6F3N3O/c9-8(10,11)6-2-1-5(14-6)7(15)13-4-3-12/h1-2,14H,4H2,(H,13,15). The maximum atomic E-state index is 12.1. The average molecular weight is 217 g/mol. The second-order valence-electron chi connectivity index (χ2n) is 2.62. The van der Waals surface area contributed by atoms with E-state index in [4.69, 9.17) is 5.26 Å². The van der Waals surface area contributed by atoms with E-state index in [1.807, 2.05) is 4.98 Å². The van der Waals surface area contributed by atoms with E-state index in [1.165, 1.54) is 0 Å². The predicted octanol–water partition coefficient (Wildman–Crippen LogP) is 1.29.